The molecule has 140 valence electrons. The SMILES string of the molecule is CCCO[C@H]1CN(C(=O)OCC)CC[C@H]1CC(=O)c1cc(Cl)c(C)[nH]1. The fourth-order valence-electron chi connectivity index (χ4n) is 3.07. The largest absolute Gasteiger partial charge is 0.450 e. The minimum atomic E-state index is -0.316. The van der Waals surface area contributed by atoms with Crippen LogP contribution in [0, 0.1) is 12.8 Å². The molecule has 1 aromatic rings. The Morgan fingerprint density at radius 1 is 1.40 bits per heavy atom. The number of nitrogens with one attached hydrogen (secondary N) is 1. The molecule has 2 rings (SSSR count). The van der Waals surface area contributed by atoms with Crippen LogP contribution in [0.5, 0.6) is 0 Å². The van der Waals surface area contributed by atoms with E-state index >= 15 is 0 Å². The van der Waals surface area contributed by atoms with E-state index < -0.39 is 0 Å². The van der Waals surface area contributed by atoms with Crippen molar-refractivity contribution in [1.29, 1.82) is 0 Å². The maximum atomic E-state index is 12.6. The van der Waals surface area contributed by atoms with Crippen molar-refractivity contribution in [1.82, 2.24) is 9.88 Å². The highest BCUT2D eigenvalue weighted by Gasteiger charge is 2.34. The number of aromatic amines is 1. The van der Waals surface area contributed by atoms with Crippen LogP contribution in [0.15, 0.2) is 6.07 Å². The molecule has 1 amide bonds. The molecule has 1 aliphatic heterocycles. The molecule has 2 heterocycles. The van der Waals surface area contributed by atoms with Gasteiger partial charge in [-0.1, -0.05) is 18.5 Å². The number of nitrogens with zero attached hydrogens (tertiary/aromatic N) is 1. The average Bonchev–Trinajstić information content (AvgIpc) is 2.93. The van der Waals surface area contributed by atoms with Crippen molar-refractivity contribution in [3.8, 4) is 0 Å². The smallest absolute Gasteiger partial charge is 0.409 e. The van der Waals surface area contributed by atoms with Crippen LogP contribution >= 0.6 is 11.6 Å². The summed E-state index contributed by atoms with van der Waals surface area (Å²) in [5.74, 6) is 0.0989. The second kappa shape index (κ2) is 9.25. The van der Waals surface area contributed by atoms with Crippen molar-refractivity contribution in [3.63, 3.8) is 0 Å². The number of aryl methyl sites for hydroxylation is 1. The van der Waals surface area contributed by atoms with E-state index in [4.69, 9.17) is 21.1 Å². The van der Waals surface area contributed by atoms with E-state index in [-0.39, 0.29) is 23.9 Å². The zero-order chi connectivity index (χ0) is 18.4. The Hall–Kier alpha value is -1.53. The zero-order valence-corrected chi connectivity index (χ0v) is 15.9. The average molecular weight is 371 g/mol. The molecule has 6 nitrogen and oxygen atoms in total. The lowest BCUT2D eigenvalue weighted by molar-refractivity contribution is -0.0359. The van der Waals surface area contributed by atoms with Crippen molar-refractivity contribution < 1.29 is 19.1 Å². The summed E-state index contributed by atoms with van der Waals surface area (Å²) in [5, 5.41) is 0.569. The van der Waals surface area contributed by atoms with Gasteiger partial charge in [0.1, 0.15) is 0 Å². The third kappa shape index (κ3) is 5.22. The molecule has 0 unspecified atom stereocenters. The van der Waals surface area contributed by atoms with E-state index in [0.717, 1.165) is 12.1 Å². The van der Waals surface area contributed by atoms with E-state index in [9.17, 15) is 9.59 Å². The lowest BCUT2D eigenvalue weighted by Gasteiger charge is -2.37. The molecule has 1 fully saturated rings. The molecular weight excluding hydrogens is 344 g/mol. The number of carbonyl (C=O) groups is 2. The summed E-state index contributed by atoms with van der Waals surface area (Å²) >= 11 is 6.03. The van der Waals surface area contributed by atoms with Gasteiger partial charge in [-0.05, 0) is 38.7 Å². The lowest BCUT2D eigenvalue weighted by Crippen LogP contribution is -2.48. The van der Waals surface area contributed by atoms with Gasteiger partial charge in [0.05, 0.1) is 30.0 Å². The molecule has 1 aliphatic rings. The zero-order valence-electron chi connectivity index (χ0n) is 15.1. The van der Waals surface area contributed by atoms with Crippen LogP contribution in [0.4, 0.5) is 4.79 Å². The Balaban J connectivity index is 2.02. The number of hydrogen-bond donors (Lipinski definition) is 1. The van der Waals surface area contributed by atoms with Gasteiger partial charge in [0.2, 0.25) is 0 Å². The maximum Gasteiger partial charge on any atom is 0.409 e. The lowest BCUT2D eigenvalue weighted by atomic mass is 9.88. The molecule has 0 bridgehead atoms. The minimum absolute atomic E-state index is 0.0229. The monoisotopic (exact) mass is 370 g/mol. The van der Waals surface area contributed by atoms with E-state index in [0.29, 0.717) is 49.9 Å². The Labute approximate surface area is 153 Å². The van der Waals surface area contributed by atoms with Crippen molar-refractivity contribution in [2.75, 3.05) is 26.3 Å². The molecule has 0 spiro atoms. The quantitative estimate of drug-likeness (QED) is 0.740. The van der Waals surface area contributed by atoms with Crippen molar-refractivity contribution >= 4 is 23.5 Å². The highest BCUT2D eigenvalue weighted by Crippen LogP contribution is 2.27. The Morgan fingerprint density at radius 2 is 2.16 bits per heavy atom. The number of amides is 1. The van der Waals surface area contributed by atoms with Gasteiger partial charge in [0.25, 0.3) is 0 Å². The highest BCUT2D eigenvalue weighted by atomic mass is 35.5. The molecule has 1 N–H and O–H groups in total. The van der Waals surface area contributed by atoms with Crippen LogP contribution in [0.3, 0.4) is 0 Å². The second-order valence-corrected chi connectivity index (χ2v) is 6.79. The summed E-state index contributed by atoms with van der Waals surface area (Å²) in [6, 6.07) is 1.68. The molecule has 25 heavy (non-hydrogen) atoms. The fourth-order valence-corrected chi connectivity index (χ4v) is 3.22. The molecule has 0 radical (unpaired) electrons. The minimum Gasteiger partial charge on any atom is -0.450 e. The van der Waals surface area contributed by atoms with Gasteiger partial charge in [-0.15, -0.1) is 0 Å². The van der Waals surface area contributed by atoms with Gasteiger partial charge < -0.3 is 19.4 Å². The first-order valence-corrected chi connectivity index (χ1v) is 9.25. The van der Waals surface area contributed by atoms with E-state index in [1.165, 1.54) is 0 Å². The van der Waals surface area contributed by atoms with Crippen LogP contribution in [0.25, 0.3) is 0 Å². The van der Waals surface area contributed by atoms with Crippen LogP contribution in [0.1, 0.15) is 49.3 Å². The molecule has 1 aromatic heterocycles. The number of piperidine rings is 1. The van der Waals surface area contributed by atoms with Gasteiger partial charge in [0, 0.05) is 25.3 Å². The number of hydrogen-bond acceptors (Lipinski definition) is 4. The van der Waals surface area contributed by atoms with E-state index in [1.807, 2.05) is 13.8 Å². The van der Waals surface area contributed by atoms with Crippen molar-refractivity contribution in [2.45, 2.75) is 46.1 Å². The van der Waals surface area contributed by atoms with Crippen LogP contribution < -0.4 is 0 Å². The summed E-state index contributed by atoms with van der Waals surface area (Å²) in [4.78, 5) is 29.2. The van der Waals surface area contributed by atoms with Crippen LogP contribution in [0.2, 0.25) is 5.02 Å². The summed E-state index contributed by atoms with van der Waals surface area (Å²) < 4.78 is 11.0. The molecule has 1 saturated heterocycles. The number of Topliss-reactive ketones (excluding diaryl/α,β-unsaturated/α-hetero) is 1. The number of carbonyl (C=O) groups excluding carboxylic acids is 2. The van der Waals surface area contributed by atoms with Gasteiger partial charge in [0.15, 0.2) is 5.78 Å². The van der Waals surface area contributed by atoms with Crippen LogP contribution in [-0.4, -0.2) is 54.2 Å². The van der Waals surface area contributed by atoms with E-state index in [1.54, 1.807) is 17.9 Å². The molecule has 7 heteroatoms. The Kier molecular flexibility index (Phi) is 7.32. The predicted octanol–water partition coefficient (Wildman–Crippen LogP) is 3.82. The number of halogens is 1. The third-order valence-corrected chi connectivity index (χ3v) is 4.85. The normalized spacial score (nSPS) is 20.6. The topological polar surface area (TPSA) is 71.6 Å². The summed E-state index contributed by atoms with van der Waals surface area (Å²) in [6.45, 7) is 7.66. The van der Waals surface area contributed by atoms with Crippen molar-refractivity contribution in [3.05, 3.63) is 22.5 Å². The molecule has 0 aliphatic carbocycles. The fraction of sp³-hybridized carbons (Fsp3) is 0.667. The van der Waals surface area contributed by atoms with E-state index in [2.05, 4.69) is 4.98 Å². The molecule has 0 aromatic carbocycles. The Bertz CT molecular complexity index is 582. The first-order valence-electron chi connectivity index (χ1n) is 8.87. The maximum absolute atomic E-state index is 12.6. The Morgan fingerprint density at radius 3 is 2.76 bits per heavy atom. The van der Waals surface area contributed by atoms with Gasteiger partial charge in [-0.2, -0.15) is 0 Å². The highest BCUT2D eigenvalue weighted by molar-refractivity contribution is 6.31. The van der Waals surface area contributed by atoms with Crippen LogP contribution in [-0.2, 0) is 9.47 Å². The molecule has 2 atom stereocenters. The predicted molar refractivity (Wildman–Crippen MR) is 96.2 cm³/mol. The number of rotatable bonds is 7. The van der Waals surface area contributed by atoms with Gasteiger partial charge in [-0.25, -0.2) is 4.79 Å². The number of aromatic nitrogens is 1. The van der Waals surface area contributed by atoms with Gasteiger partial charge >= 0.3 is 6.09 Å². The third-order valence-electron chi connectivity index (χ3n) is 4.46. The number of H-pyrrole nitrogens is 1. The number of ketones is 1. The summed E-state index contributed by atoms with van der Waals surface area (Å²) in [7, 11) is 0. The number of ether oxygens (including phenoxy) is 2. The summed E-state index contributed by atoms with van der Waals surface area (Å²) in [5.41, 5.74) is 1.32. The first kappa shape index (κ1) is 19.8. The van der Waals surface area contributed by atoms with Gasteiger partial charge in [-0.3, -0.25) is 4.79 Å². The molecule has 0 saturated carbocycles. The standard InChI is InChI=1S/C18H27ClN2O4/c1-4-8-25-17-11-21(18(23)24-5-2)7-6-13(17)9-16(22)15-10-14(19)12(3)20-15/h10,13,17,20H,4-9,11H2,1-3H3/t13-,17-/m0/s1. The molecular formula is C18H27ClN2O4. The van der Waals surface area contributed by atoms with Crippen molar-refractivity contribution in [2.24, 2.45) is 5.92 Å². The summed E-state index contributed by atoms with van der Waals surface area (Å²) in [6.07, 6.45) is 1.51. The second-order valence-electron chi connectivity index (χ2n) is 6.39. The number of likely N-dealkylation sites (tertiary alicyclic amines) is 1. The first-order chi connectivity index (χ1) is 12.0.